The molecule has 0 aromatic heterocycles. The maximum atomic E-state index is 13.9. The van der Waals surface area contributed by atoms with E-state index in [4.69, 9.17) is 11.6 Å². The van der Waals surface area contributed by atoms with Crippen molar-refractivity contribution in [2.45, 2.75) is 32.7 Å². The molecule has 2 atom stereocenters. The van der Waals surface area contributed by atoms with Crippen molar-refractivity contribution in [3.8, 4) is 0 Å². The van der Waals surface area contributed by atoms with Crippen molar-refractivity contribution < 1.29 is 8.78 Å². The third-order valence-electron chi connectivity index (χ3n) is 3.86. The molecule has 2 nitrogen and oxygen atoms in total. The number of benzene rings is 1. The third-order valence-corrected chi connectivity index (χ3v) is 4.15. The highest BCUT2D eigenvalue weighted by atomic mass is 35.5. The van der Waals surface area contributed by atoms with Gasteiger partial charge in [0.1, 0.15) is 5.82 Å². The molecular formula is C15H21ClF2N2. The minimum atomic E-state index is -0.635. The Labute approximate surface area is 124 Å². The molecule has 1 fully saturated rings. The van der Waals surface area contributed by atoms with Gasteiger partial charge in [-0.05, 0) is 31.4 Å². The molecule has 1 aliphatic rings. The van der Waals surface area contributed by atoms with Gasteiger partial charge in [-0.25, -0.2) is 8.78 Å². The normalized spacial score (nSPS) is 23.1. The van der Waals surface area contributed by atoms with Gasteiger partial charge in [0.2, 0.25) is 0 Å². The average molecular weight is 303 g/mol. The summed E-state index contributed by atoms with van der Waals surface area (Å²) in [5.41, 5.74) is 0.328. The van der Waals surface area contributed by atoms with Gasteiger partial charge in [0.25, 0.3) is 0 Å². The van der Waals surface area contributed by atoms with Crippen molar-refractivity contribution in [3.63, 3.8) is 0 Å². The van der Waals surface area contributed by atoms with Crippen LogP contribution in [0.1, 0.15) is 26.7 Å². The highest BCUT2D eigenvalue weighted by molar-refractivity contribution is 6.33. The summed E-state index contributed by atoms with van der Waals surface area (Å²) in [4.78, 5) is 1.92. The van der Waals surface area contributed by atoms with Crippen LogP contribution in [0.5, 0.6) is 0 Å². The van der Waals surface area contributed by atoms with Crippen LogP contribution in [0.15, 0.2) is 12.1 Å². The van der Waals surface area contributed by atoms with Crippen LogP contribution >= 0.6 is 11.6 Å². The molecule has 1 saturated heterocycles. The fraction of sp³-hybridized carbons (Fsp3) is 0.600. The van der Waals surface area contributed by atoms with Crippen LogP contribution in [0.2, 0.25) is 5.02 Å². The van der Waals surface area contributed by atoms with E-state index in [9.17, 15) is 8.78 Å². The Hall–Kier alpha value is -0.870. The first-order chi connectivity index (χ1) is 9.52. The quantitative estimate of drug-likeness (QED) is 0.909. The molecule has 1 aromatic rings. The van der Waals surface area contributed by atoms with Crippen LogP contribution in [0.25, 0.3) is 0 Å². The van der Waals surface area contributed by atoms with E-state index in [2.05, 4.69) is 19.2 Å². The number of halogens is 3. The Balaban J connectivity index is 2.09. The van der Waals surface area contributed by atoms with Crippen LogP contribution in [-0.2, 0) is 0 Å². The number of piperidine rings is 1. The van der Waals surface area contributed by atoms with Crippen molar-refractivity contribution in [3.05, 3.63) is 28.8 Å². The molecule has 1 aliphatic heterocycles. The molecule has 20 heavy (non-hydrogen) atoms. The van der Waals surface area contributed by atoms with E-state index < -0.39 is 11.6 Å². The minimum Gasteiger partial charge on any atom is -0.368 e. The summed E-state index contributed by atoms with van der Waals surface area (Å²) in [7, 11) is 0. The van der Waals surface area contributed by atoms with Crippen LogP contribution in [0.3, 0.4) is 0 Å². The van der Waals surface area contributed by atoms with Crippen LogP contribution in [0, 0.1) is 17.6 Å². The Morgan fingerprint density at radius 3 is 2.75 bits per heavy atom. The standard InChI is InChI=1S/C15H21ClF2N2/c1-3-5-19-14-4-6-20(9-10(14)2)15-12(16)7-11(17)8-13(15)18/h7-8,10,14,19H,3-6,9H2,1-2H3. The SMILES string of the molecule is CCCNC1CCN(c2c(F)cc(F)cc2Cl)CC1C. The van der Waals surface area contributed by atoms with Crippen molar-refractivity contribution >= 4 is 17.3 Å². The van der Waals surface area contributed by atoms with E-state index in [0.717, 1.165) is 38.5 Å². The Morgan fingerprint density at radius 2 is 2.15 bits per heavy atom. The molecule has 0 radical (unpaired) electrons. The summed E-state index contributed by atoms with van der Waals surface area (Å²) in [6.07, 6.45) is 2.04. The van der Waals surface area contributed by atoms with Crippen LogP contribution < -0.4 is 10.2 Å². The van der Waals surface area contributed by atoms with E-state index >= 15 is 0 Å². The Morgan fingerprint density at radius 1 is 1.40 bits per heavy atom. The fourth-order valence-corrected chi connectivity index (χ4v) is 3.13. The molecule has 5 heteroatoms. The van der Waals surface area contributed by atoms with E-state index in [1.165, 1.54) is 6.07 Å². The molecule has 0 amide bonds. The summed E-state index contributed by atoms with van der Waals surface area (Å²) >= 11 is 6.00. The maximum Gasteiger partial charge on any atom is 0.150 e. The van der Waals surface area contributed by atoms with Gasteiger partial charge in [-0.1, -0.05) is 25.4 Å². The fourth-order valence-electron chi connectivity index (χ4n) is 2.82. The Kier molecular flexibility index (Phi) is 5.22. The molecule has 0 spiro atoms. The molecule has 112 valence electrons. The van der Waals surface area contributed by atoms with Gasteiger partial charge in [0.15, 0.2) is 5.82 Å². The number of hydrogen-bond donors (Lipinski definition) is 1. The van der Waals surface area contributed by atoms with Crippen LogP contribution in [0.4, 0.5) is 14.5 Å². The monoisotopic (exact) mass is 302 g/mol. The summed E-state index contributed by atoms with van der Waals surface area (Å²) in [5, 5.41) is 3.67. The molecule has 0 saturated carbocycles. The third kappa shape index (κ3) is 3.41. The highest BCUT2D eigenvalue weighted by Crippen LogP contribution is 2.33. The van der Waals surface area contributed by atoms with Crippen molar-refractivity contribution in [2.75, 3.05) is 24.5 Å². The van der Waals surface area contributed by atoms with Gasteiger partial charge in [-0.15, -0.1) is 0 Å². The summed E-state index contributed by atoms with van der Waals surface area (Å²) in [6.45, 7) is 6.74. The van der Waals surface area contributed by atoms with E-state index in [1.807, 2.05) is 4.90 Å². The molecule has 1 heterocycles. The van der Waals surface area contributed by atoms with Gasteiger partial charge in [0.05, 0.1) is 10.7 Å². The number of anilines is 1. The lowest BCUT2D eigenvalue weighted by molar-refractivity contribution is 0.321. The van der Waals surface area contributed by atoms with Gasteiger partial charge in [0, 0.05) is 25.2 Å². The summed E-state index contributed by atoms with van der Waals surface area (Å²) in [6, 6.07) is 2.52. The zero-order chi connectivity index (χ0) is 14.7. The second-order valence-electron chi connectivity index (χ2n) is 5.49. The lowest BCUT2D eigenvalue weighted by atomic mass is 9.93. The first-order valence-electron chi connectivity index (χ1n) is 7.15. The first kappa shape index (κ1) is 15.5. The summed E-state index contributed by atoms with van der Waals surface area (Å²) in [5.74, 6) is -0.818. The smallest absolute Gasteiger partial charge is 0.150 e. The molecule has 0 bridgehead atoms. The van der Waals surface area contributed by atoms with E-state index in [-0.39, 0.29) is 5.02 Å². The zero-order valence-corrected chi connectivity index (χ0v) is 12.7. The zero-order valence-electron chi connectivity index (χ0n) is 11.9. The lowest BCUT2D eigenvalue weighted by Crippen LogP contribution is -2.48. The van der Waals surface area contributed by atoms with Crippen LogP contribution in [-0.4, -0.2) is 25.7 Å². The van der Waals surface area contributed by atoms with Gasteiger partial charge < -0.3 is 10.2 Å². The molecule has 2 rings (SSSR count). The summed E-state index contributed by atoms with van der Waals surface area (Å²) < 4.78 is 27.0. The lowest BCUT2D eigenvalue weighted by Gasteiger charge is -2.39. The van der Waals surface area contributed by atoms with Crippen molar-refractivity contribution in [2.24, 2.45) is 5.92 Å². The van der Waals surface area contributed by atoms with E-state index in [1.54, 1.807) is 0 Å². The molecule has 0 aliphatic carbocycles. The Bertz CT molecular complexity index is 444. The van der Waals surface area contributed by atoms with Crippen molar-refractivity contribution in [1.82, 2.24) is 5.32 Å². The second kappa shape index (κ2) is 6.72. The van der Waals surface area contributed by atoms with E-state index in [0.29, 0.717) is 17.6 Å². The number of hydrogen-bond acceptors (Lipinski definition) is 2. The topological polar surface area (TPSA) is 15.3 Å². The molecule has 2 unspecified atom stereocenters. The van der Waals surface area contributed by atoms with Gasteiger partial charge in [-0.2, -0.15) is 0 Å². The predicted molar refractivity (Wildman–Crippen MR) is 79.4 cm³/mol. The number of rotatable bonds is 4. The number of nitrogens with one attached hydrogen (secondary N) is 1. The average Bonchev–Trinajstić information content (AvgIpc) is 2.36. The number of nitrogens with zero attached hydrogens (tertiary/aromatic N) is 1. The first-order valence-corrected chi connectivity index (χ1v) is 7.53. The maximum absolute atomic E-state index is 13.9. The van der Waals surface area contributed by atoms with Gasteiger partial charge in [-0.3, -0.25) is 0 Å². The molecular weight excluding hydrogens is 282 g/mol. The largest absolute Gasteiger partial charge is 0.368 e. The van der Waals surface area contributed by atoms with Gasteiger partial charge >= 0.3 is 0 Å². The second-order valence-corrected chi connectivity index (χ2v) is 5.90. The molecule has 1 aromatic carbocycles. The predicted octanol–water partition coefficient (Wildman–Crippen LogP) is 3.83. The molecule has 1 N–H and O–H groups in total. The van der Waals surface area contributed by atoms with Crippen molar-refractivity contribution in [1.29, 1.82) is 0 Å². The minimum absolute atomic E-state index is 0.148. The highest BCUT2D eigenvalue weighted by Gasteiger charge is 2.28.